The van der Waals surface area contributed by atoms with Crippen molar-refractivity contribution in [1.29, 1.82) is 0 Å². The summed E-state index contributed by atoms with van der Waals surface area (Å²) in [6.07, 6.45) is -6.10. The molecular weight excluding hydrogens is 279 g/mol. The molecule has 0 saturated heterocycles. The monoisotopic (exact) mass is 293 g/mol. The van der Waals surface area contributed by atoms with Gasteiger partial charge in [0.25, 0.3) is 0 Å². The number of aromatic nitrogens is 1. The molecule has 0 fully saturated rings. The molecule has 0 radical (unpaired) electrons. The summed E-state index contributed by atoms with van der Waals surface area (Å²) in [4.78, 5) is 23.3. The van der Waals surface area contributed by atoms with E-state index < -0.39 is 35.2 Å². The minimum atomic E-state index is -4.80. The second-order valence-corrected chi connectivity index (χ2v) is 4.91. The van der Waals surface area contributed by atoms with Gasteiger partial charge in [0.1, 0.15) is 17.0 Å². The highest BCUT2D eigenvalue weighted by Gasteiger charge is 2.39. The van der Waals surface area contributed by atoms with E-state index in [9.17, 15) is 22.8 Å². The Bertz CT molecular complexity index is 526. The molecule has 20 heavy (non-hydrogen) atoms. The molecule has 0 amide bonds. The lowest BCUT2D eigenvalue weighted by Gasteiger charge is -2.21. The van der Waals surface area contributed by atoms with Crippen LogP contribution in [0.2, 0.25) is 0 Å². The van der Waals surface area contributed by atoms with Gasteiger partial charge in [0.15, 0.2) is 0 Å². The van der Waals surface area contributed by atoms with Crippen LogP contribution in [-0.2, 0) is 15.7 Å². The van der Waals surface area contributed by atoms with Gasteiger partial charge in [0.2, 0.25) is 0 Å². The smallest absolute Gasteiger partial charge is 0.431 e. The van der Waals surface area contributed by atoms with Crippen LogP contribution in [0, 0.1) is 0 Å². The van der Waals surface area contributed by atoms with E-state index >= 15 is 0 Å². The number of methoxy groups -OCH3 is 1. The van der Waals surface area contributed by atoms with Crippen LogP contribution in [0.25, 0.3) is 0 Å². The molecule has 0 unspecified atom stereocenters. The summed E-state index contributed by atoms with van der Waals surface area (Å²) < 4.78 is 47.9. The molecular formula is C12H14F3NO4. The number of hydrogen-bond acceptors (Lipinski definition) is 4. The highest BCUT2D eigenvalue weighted by atomic mass is 19.4. The molecule has 112 valence electrons. The van der Waals surface area contributed by atoms with Crippen molar-refractivity contribution >= 4 is 12.1 Å². The second-order valence-electron chi connectivity index (χ2n) is 4.91. The van der Waals surface area contributed by atoms with Crippen molar-refractivity contribution in [1.82, 2.24) is 4.57 Å². The summed E-state index contributed by atoms with van der Waals surface area (Å²) in [6, 6.07) is 1.48. The van der Waals surface area contributed by atoms with Gasteiger partial charge in [-0.1, -0.05) is 0 Å². The molecule has 1 heterocycles. The van der Waals surface area contributed by atoms with Gasteiger partial charge in [-0.15, -0.1) is 0 Å². The van der Waals surface area contributed by atoms with Gasteiger partial charge in [-0.25, -0.2) is 14.2 Å². The zero-order chi connectivity index (χ0) is 15.7. The summed E-state index contributed by atoms with van der Waals surface area (Å²) in [5.41, 5.74) is -2.85. The number of carbonyl (C=O) groups excluding carboxylic acids is 2. The van der Waals surface area contributed by atoms with Crippen molar-refractivity contribution in [2.75, 3.05) is 7.11 Å². The molecule has 0 N–H and O–H groups in total. The summed E-state index contributed by atoms with van der Waals surface area (Å²) in [7, 11) is 1.00. The third kappa shape index (κ3) is 3.52. The molecule has 0 atom stereocenters. The quantitative estimate of drug-likeness (QED) is 0.747. The normalized spacial score (nSPS) is 12.2. The van der Waals surface area contributed by atoms with E-state index in [1.165, 1.54) is 20.8 Å². The largest absolute Gasteiger partial charge is 0.464 e. The maximum absolute atomic E-state index is 12.8. The van der Waals surface area contributed by atoms with Gasteiger partial charge >= 0.3 is 18.2 Å². The first-order valence-electron chi connectivity index (χ1n) is 5.58. The Hall–Kier alpha value is -1.99. The Morgan fingerprint density at radius 3 is 2.10 bits per heavy atom. The van der Waals surface area contributed by atoms with Gasteiger partial charge in [0, 0.05) is 0 Å². The van der Waals surface area contributed by atoms with E-state index in [2.05, 4.69) is 4.74 Å². The Morgan fingerprint density at radius 1 is 1.15 bits per heavy atom. The fourth-order valence-corrected chi connectivity index (χ4v) is 1.43. The van der Waals surface area contributed by atoms with Crippen molar-refractivity contribution in [3.05, 3.63) is 23.5 Å². The zero-order valence-electron chi connectivity index (χ0n) is 11.4. The van der Waals surface area contributed by atoms with E-state index in [0.29, 0.717) is 6.07 Å². The van der Waals surface area contributed by atoms with Crippen LogP contribution in [0.1, 0.15) is 37.0 Å². The molecule has 1 rings (SSSR count). The number of esters is 1. The van der Waals surface area contributed by atoms with Crippen LogP contribution in [0.5, 0.6) is 0 Å². The van der Waals surface area contributed by atoms with E-state index in [1.807, 2.05) is 0 Å². The fourth-order valence-electron chi connectivity index (χ4n) is 1.43. The maximum Gasteiger partial charge on any atom is 0.431 e. The Balaban J connectivity index is 3.36. The Morgan fingerprint density at radius 2 is 1.70 bits per heavy atom. The van der Waals surface area contributed by atoms with Crippen LogP contribution in [0.3, 0.4) is 0 Å². The highest BCUT2D eigenvalue weighted by molar-refractivity contribution is 5.92. The van der Waals surface area contributed by atoms with Gasteiger partial charge in [-0.05, 0) is 32.9 Å². The van der Waals surface area contributed by atoms with E-state index in [-0.39, 0.29) is 4.57 Å². The average molecular weight is 293 g/mol. The predicted octanol–water partition coefficient (Wildman–Crippen LogP) is 3.08. The third-order valence-electron chi connectivity index (χ3n) is 2.14. The number of rotatable bonds is 1. The van der Waals surface area contributed by atoms with Crippen LogP contribution >= 0.6 is 0 Å². The Kier molecular flexibility index (Phi) is 4.16. The van der Waals surface area contributed by atoms with Crippen molar-refractivity contribution in [3.8, 4) is 0 Å². The minimum Gasteiger partial charge on any atom is -0.464 e. The second kappa shape index (κ2) is 5.18. The third-order valence-corrected chi connectivity index (χ3v) is 2.14. The molecule has 0 spiro atoms. The number of alkyl halides is 3. The minimum absolute atomic E-state index is 0.164. The van der Waals surface area contributed by atoms with Gasteiger partial charge in [0.05, 0.1) is 7.11 Å². The van der Waals surface area contributed by atoms with E-state index in [0.717, 1.165) is 13.2 Å². The number of halogens is 3. The van der Waals surface area contributed by atoms with Gasteiger partial charge in [-0.3, -0.25) is 0 Å². The van der Waals surface area contributed by atoms with Crippen LogP contribution in [0.15, 0.2) is 12.1 Å². The molecule has 0 aliphatic carbocycles. The van der Waals surface area contributed by atoms with Crippen LogP contribution < -0.4 is 0 Å². The lowest BCUT2D eigenvalue weighted by atomic mass is 10.2. The first-order valence-corrected chi connectivity index (χ1v) is 5.58. The number of ether oxygens (including phenoxy) is 2. The molecule has 0 saturated carbocycles. The zero-order valence-corrected chi connectivity index (χ0v) is 11.4. The topological polar surface area (TPSA) is 57.5 Å². The summed E-state index contributed by atoms with van der Waals surface area (Å²) in [5, 5.41) is 0. The first kappa shape index (κ1) is 16.1. The van der Waals surface area contributed by atoms with Crippen molar-refractivity contribution in [2.45, 2.75) is 32.5 Å². The van der Waals surface area contributed by atoms with Crippen molar-refractivity contribution in [2.24, 2.45) is 0 Å². The van der Waals surface area contributed by atoms with Crippen LogP contribution in [0.4, 0.5) is 18.0 Å². The molecule has 8 heteroatoms. The number of nitrogens with zero attached hydrogens (tertiary/aromatic N) is 1. The van der Waals surface area contributed by atoms with Crippen molar-refractivity contribution in [3.63, 3.8) is 0 Å². The van der Waals surface area contributed by atoms with E-state index in [1.54, 1.807) is 0 Å². The fraction of sp³-hybridized carbons (Fsp3) is 0.500. The predicted molar refractivity (Wildman–Crippen MR) is 62.4 cm³/mol. The van der Waals surface area contributed by atoms with Crippen LogP contribution in [-0.4, -0.2) is 29.3 Å². The lowest BCUT2D eigenvalue weighted by molar-refractivity contribution is -0.143. The maximum atomic E-state index is 12.8. The van der Waals surface area contributed by atoms with Gasteiger partial charge < -0.3 is 9.47 Å². The Labute approximate surface area is 113 Å². The SMILES string of the molecule is COC(=O)c1ccc(C(F)(F)F)n1C(=O)OC(C)(C)C. The first-order chi connectivity index (χ1) is 8.97. The molecule has 1 aromatic heterocycles. The molecule has 5 nitrogen and oxygen atoms in total. The molecule has 0 aliphatic heterocycles. The summed E-state index contributed by atoms with van der Waals surface area (Å²) >= 11 is 0. The van der Waals surface area contributed by atoms with Crippen molar-refractivity contribution < 1.29 is 32.2 Å². The highest BCUT2D eigenvalue weighted by Crippen LogP contribution is 2.31. The standard InChI is InChI=1S/C12H14F3NO4/c1-11(2,3)20-10(18)16-7(9(17)19-4)5-6-8(16)12(13,14)15/h5-6H,1-4H3. The molecule has 0 bridgehead atoms. The molecule has 0 aliphatic rings. The average Bonchev–Trinajstić information content (AvgIpc) is 2.69. The number of carbonyl (C=O) groups is 2. The molecule has 1 aromatic rings. The summed E-state index contributed by atoms with van der Waals surface area (Å²) in [6.45, 7) is 4.50. The number of hydrogen-bond donors (Lipinski definition) is 0. The van der Waals surface area contributed by atoms with E-state index in [4.69, 9.17) is 4.74 Å². The summed E-state index contributed by atoms with van der Waals surface area (Å²) in [5.74, 6) is -1.06. The van der Waals surface area contributed by atoms with Gasteiger partial charge in [-0.2, -0.15) is 13.2 Å². The molecule has 0 aromatic carbocycles. The lowest BCUT2D eigenvalue weighted by Crippen LogP contribution is -2.31.